The zero-order valence-corrected chi connectivity index (χ0v) is 9.75. The molecule has 3 aromatic heterocycles. The molecule has 0 unspecified atom stereocenters. The molecule has 90 valence electrons. The third-order valence-electron chi connectivity index (χ3n) is 2.60. The Hall–Kier alpha value is -2.56. The van der Waals surface area contributed by atoms with Gasteiger partial charge in [0, 0.05) is 6.20 Å². The number of hydrogen-bond donors (Lipinski definition) is 1. The molecule has 0 fully saturated rings. The van der Waals surface area contributed by atoms with Gasteiger partial charge in [0.25, 0.3) is 0 Å². The highest BCUT2D eigenvalue weighted by atomic mass is 16.5. The van der Waals surface area contributed by atoms with Crippen molar-refractivity contribution in [2.24, 2.45) is 0 Å². The number of pyridine rings is 1. The highest BCUT2D eigenvalue weighted by molar-refractivity contribution is 5.83. The average molecular weight is 241 g/mol. The minimum atomic E-state index is 0.303. The predicted octanol–water partition coefficient (Wildman–Crippen LogP) is 2.89. The number of rotatable bonds is 2. The van der Waals surface area contributed by atoms with E-state index in [-0.39, 0.29) is 0 Å². The van der Waals surface area contributed by atoms with Crippen LogP contribution >= 0.6 is 0 Å². The SMILES string of the molecule is Cc1ccc(-c2onc(N)c2-c2ccccn2)o1. The number of furan rings is 1. The number of nitrogens with zero attached hydrogens (tertiary/aromatic N) is 2. The van der Waals surface area contributed by atoms with Gasteiger partial charge in [-0.1, -0.05) is 11.2 Å². The van der Waals surface area contributed by atoms with E-state index in [0.717, 1.165) is 5.76 Å². The molecule has 5 nitrogen and oxygen atoms in total. The van der Waals surface area contributed by atoms with Gasteiger partial charge in [0.05, 0.1) is 11.3 Å². The number of anilines is 1. The van der Waals surface area contributed by atoms with Gasteiger partial charge in [-0.15, -0.1) is 0 Å². The molecule has 0 amide bonds. The predicted molar refractivity (Wildman–Crippen MR) is 66.6 cm³/mol. The van der Waals surface area contributed by atoms with Gasteiger partial charge < -0.3 is 14.7 Å². The summed E-state index contributed by atoms with van der Waals surface area (Å²) in [6.07, 6.45) is 1.69. The first-order valence-corrected chi connectivity index (χ1v) is 5.49. The van der Waals surface area contributed by atoms with E-state index in [0.29, 0.717) is 28.6 Å². The van der Waals surface area contributed by atoms with Crippen LogP contribution in [-0.4, -0.2) is 10.1 Å². The second kappa shape index (κ2) is 4.03. The zero-order chi connectivity index (χ0) is 12.5. The van der Waals surface area contributed by atoms with Gasteiger partial charge in [0.15, 0.2) is 11.6 Å². The summed E-state index contributed by atoms with van der Waals surface area (Å²) in [6, 6.07) is 9.25. The van der Waals surface area contributed by atoms with Crippen LogP contribution < -0.4 is 5.73 Å². The van der Waals surface area contributed by atoms with Crippen molar-refractivity contribution in [3.63, 3.8) is 0 Å². The Morgan fingerprint density at radius 2 is 2.06 bits per heavy atom. The average Bonchev–Trinajstić information content (AvgIpc) is 2.96. The van der Waals surface area contributed by atoms with Crippen molar-refractivity contribution in [3.05, 3.63) is 42.3 Å². The summed E-state index contributed by atoms with van der Waals surface area (Å²) in [4.78, 5) is 4.25. The molecule has 0 bridgehead atoms. The molecule has 3 heterocycles. The Morgan fingerprint density at radius 1 is 1.17 bits per heavy atom. The van der Waals surface area contributed by atoms with Crippen LogP contribution in [0.1, 0.15) is 5.76 Å². The number of nitrogen functional groups attached to an aromatic ring is 1. The normalized spacial score (nSPS) is 10.7. The Balaban J connectivity index is 2.18. The van der Waals surface area contributed by atoms with Crippen LogP contribution in [0, 0.1) is 6.92 Å². The molecule has 0 radical (unpaired) electrons. The lowest BCUT2D eigenvalue weighted by Crippen LogP contribution is -1.90. The number of aromatic nitrogens is 2. The second-order valence-corrected chi connectivity index (χ2v) is 3.90. The molecule has 0 aliphatic rings. The first kappa shape index (κ1) is 10.6. The molecule has 0 aliphatic carbocycles. The standard InChI is InChI=1S/C13H11N3O2/c1-8-5-6-10(17-8)12-11(13(14)16-18-12)9-4-2-3-7-15-9/h2-7H,1H3,(H2,14,16). The summed E-state index contributed by atoms with van der Waals surface area (Å²) in [6.45, 7) is 1.86. The molecular weight excluding hydrogens is 230 g/mol. The molecule has 0 aliphatic heterocycles. The zero-order valence-electron chi connectivity index (χ0n) is 9.75. The molecule has 0 spiro atoms. The van der Waals surface area contributed by atoms with E-state index < -0.39 is 0 Å². The molecule has 0 saturated heterocycles. The van der Waals surface area contributed by atoms with Gasteiger partial charge in [-0.25, -0.2) is 0 Å². The minimum Gasteiger partial charge on any atom is -0.458 e. The first-order chi connectivity index (χ1) is 8.75. The summed E-state index contributed by atoms with van der Waals surface area (Å²) in [7, 11) is 0. The van der Waals surface area contributed by atoms with Crippen molar-refractivity contribution in [1.82, 2.24) is 10.1 Å². The van der Waals surface area contributed by atoms with Crippen LogP contribution in [0.15, 0.2) is 45.5 Å². The molecule has 2 N–H and O–H groups in total. The fourth-order valence-corrected chi connectivity index (χ4v) is 1.79. The van der Waals surface area contributed by atoms with Crippen LogP contribution in [0.2, 0.25) is 0 Å². The molecule has 0 aromatic carbocycles. The van der Waals surface area contributed by atoms with E-state index in [1.54, 1.807) is 6.20 Å². The quantitative estimate of drug-likeness (QED) is 0.746. The summed E-state index contributed by atoms with van der Waals surface area (Å²) >= 11 is 0. The Kier molecular flexibility index (Phi) is 2.37. The lowest BCUT2D eigenvalue weighted by atomic mass is 10.1. The minimum absolute atomic E-state index is 0.303. The summed E-state index contributed by atoms with van der Waals surface area (Å²) in [5, 5.41) is 3.78. The van der Waals surface area contributed by atoms with E-state index in [2.05, 4.69) is 10.1 Å². The second-order valence-electron chi connectivity index (χ2n) is 3.90. The van der Waals surface area contributed by atoms with E-state index in [9.17, 15) is 0 Å². The smallest absolute Gasteiger partial charge is 0.213 e. The molecule has 0 saturated carbocycles. The van der Waals surface area contributed by atoms with E-state index in [1.807, 2.05) is 37.3 Å². The third kappa shape index (κ3) is 1.66. The third-order valence-corrected chi connectivity index (χ3v) is 2.60. The highest BCUT2D eigenvalue weighted by Crippen LogP contribution is 2.35. The summed E-state index contributed by atoms with van der Waals surface area (Å²) in [5.41, 5.74) is 7.20. The van der Waals surface area contributed by atoms with Crippen molar-refractivity contribution in [1.29, 1.82) is 0 Å². The fraction of sp³-hybridized carbons (Fsp3) is 0.0769. The van der Waals surface area contributed by atoms with Crippen LogP contribution in [0.5, 0.6) is 0 Å². The van der Waals surface area contributed by atoms with Gasteiger partial charge in [0.2, 0.25) is 5.76 Å². The number of aryl methyl sites for hydroxylation is 1. The maximum Gasteiger partial charge on any atom is 0.213 e. The van der Waals surface area contributed by atoms with Crippen molar-refractivity contribution in [3.8, 4) is 22.8 Å². The number of nitrogens with two attached hydrogens (primary N) is 1. The van der Waals surface area contributed by atoms with Gasteiger partial charge >= 0.3 is 0 Å². The number of hydrogen-bond acceptors (Lipinski definition) is 5. The maximum absolute atomic E-state index is 5.83. The molecule has 3 rings (SSSR count). The van der Waals surface area contributed by atoms with Crippen LogP contribution in [0.25, 0.3) is 22.8 Å². The van der Waals surface area contributed by atoms with Gasteiger partial charge in [-0.2, -0.15) is 0 Å². The monoisotopic (exact) mass is 241 g/mol. The van der Waals surface area contributed by atoms with Crippen LogP contribution in [0.3, 0.4) is 0 Å². The molecule has 3 aromatic rings. The van der Waals surface area contributed by atoms with E-state index in [4.69, 9.17) is 14.7 Å². The highest BCUT2D eigenvalue weighted by Gasteiger charge is 2.20. The Labute approximate surface area is 103 Å². The lowest BCUT2D eigenvalue weighted by Gasteiger charge is -1.98. The van der Waals surface area contributed by atoms with Crippen molar-refractivity contribution in [2.45, 2.75) is 6.92 Å². The van der Waals surface area contributed by atoms with E-state index in [1.165, 1.54) is 0 Å². The van der Waals surface area contributed by atoms with Gasteiger partial charge in [0.1, 0.15) is 5.76 Å². The molecule has 0 atom stereocenters. The first-order valence-electron chi connectivity index (χ1n) is 5.49. The van der Waals surface area contributed by atoms with Crippen LogP contribution in [-0.2, 0) is 0 Å². The maximum atomic E-state index is 5.83. The summed E-state index contributed by atoms with van der Waals surface area (Å²) < 4.78 is 10.8. The largest absolute Gasteiger partial charge is 0.458 e. The Morgan fingerprint density at radius 3 is 2.72 bits per heavy atom. The Bertz CT molecular complexity index is 671. The molecule has 5 heteroatoms. The lowest BCUT2D eigenvalue weighted by molar-refractivity contribution is 0.418. The topological polar surface area (TPSA) is 78.1 Å². The van der Waals surface area contributed by atoms with Gasteiger partial charge in [-0.05, 0) is 31.2 Å². The van der Waals surface area contributed by atoms with Crippen molar-refractivity contribution in [2.75, 3.05) is 5.73 Å². The molecule has 18 heavy (non-hydrogen) atoms. The van der Waals surface area contributed by atoms with Crippen molar-refractivity contribution < 1.29 is 8.94 Å². The summed E-state index contributed by atoms with van der Waals surface area (Å²) in [5.74, 6) is 2.20. The van der Waals surface area contributed by atoms with Crippen molar-refractivity contribution >= 4 is 5.82 Å². The molecular formula is C13H11N3O2. The van der Waals surface area contributed by atoms with Crippen LogP contribution in [0.4, 0.5) is 5.82 Å². The van der Waals surface area contributed by atoms with E-state index >= 15 is 0 Å². The fourth-order valence-electron chi connectivity index (χ4n) is 1.79. The van der Waals surface area contributed by atoms with Gasteiger partial charge in [-0.3, -0.25) is 4.98 Å².